The fraction of sp³-hybridized carbons (Fsp3) is 0.381. The molecule has 0 spiro atoms. The molecule has 8 nitrogen and oxygen atoms in total. The van der Waals surface area contributed by atoms with Crippen LogP contribution in [0.25, 0.3) is 0 Å². The Balaban J connectivity index is 2.00. The second-order valence-electron chi connectivity index (χ2n) is 8.17. The van der Waals surface area contributed by atoms with Crippen LogP contribution in [-0.4, -0.2) is 50.1 Å². The highest BCUT2D eigenvalue weighted by atomic mass is 32.3. The van der Waals surface area contributed by atoms with Crippen molar-refractivity contribution >= 4 is 28.0 Å². The number of amidine groups is 1. The summed E-state index contributed by atoms with van der Waals surface area (Å²) in [5.74, 6) is -1.62. The standard InChI is InChI=1S/C21H26F2N4O4S/c1-12-7-14(31-4)9-25-17(12)18(28)26-13-5-6-16(23)15(8-13)21(10-22)11-32(29,30)20(2,3)19(24)27-21/h5-9,29-30H,10-11H2,1-4H3,(H2,24,27)(H,26,28)/t21-/m1/s1. The number of carbonyl (C=O) groups excluding carboxylic acids is 1. The molecule has 1 aromatic heterocycles. The number of hydrogen-bond donors (Lipinski definition) is 4. The molecule has 0 fully saturated rings. The lowest BCUT2D eigenvalue weighted by atomic mass is 9.92. The fourth-order valence-corrected chi connectivity index (χ4v) is 5.11. The smallest absolute Gasteiger partial charge is 0.274 e. The molecule has 1 aliphatic heterocycles. The predicted molar refractivity (Wildman–Crippen MR) is 121 cm³/mol. The summed E-state index contributed by atoms with van der Waals surface area (Å²) in [7, 11) is -1.98. The van der Waals surface area contributed by atoms with E-state index < -0.39 is 45.0 Å². The summed E-state index contributed by atoms with van der Waals surface area (Å²) < 4.78 is 54.1. The van der Waals surface area contributed by atoms with Gasteiger partial charge in [-0.1, -0.05) is 0 Å². The Hall–Kier alpha value is -2.76. The summed E-state index contributed by atoms with van der Waals surface area (Å²) in [5.41, 5.74) is 4.61. The van der Waals surface area contributed by atoms with Gasteiger partial charge in [0.2, 0.25) is 0 Å². The molecule has 2 aromatic rings. The molecular weight excluding hydrogens is 442 g/mol. The molecule has 0 bridgehead atoms. The molecule has 2 heterocycles. The van der Waals surface area contributed by atoms with Gasteiger partial charge in [0.25, 0.3) is 5.91 Å². The van der Waals surface area contributed by atoms with E-state index in [2.05, 4.69) is 15.3 Å². The Morgan fingerprint density at radius 2 is 2.03 bits per heavy atom. The van der Waals surface area contributed by atoms with Gasteiger partial charge in [0.15, 0.2) is 0 Å². The summed E-state index contributed by atoms with van der Waals surface area (Å²) in [5, 5.41) is 2.60. The van der Waals surface area contributed by atoms with E-state index >= 15 is 0 Å². The number of halogens is 2. The summed E-state index contributed by atoms with van der Waals surface area (Å²) in [6.07, 6.45) is 1.39. The maximum atomic E-state index is 14.8. The summed E-state index contributed by atoms with van der Waals surface area (Å²) in [4.78, 5) is 20.9. The molecule has 0 saturated carbocycles. The SMILES string of the molecule is COc1cnc(C(=O)Nc2ccc(F)c([C@@]3(CF)CS(O)(O)C(C)(C)C(N)=N3)c2)c(C)c1. The lowest BCUT2D eigenvalue weighted by Gasteiger charge is -2.53. The first-order chi connectivity index (χ1) is 14.9. The molecule has 1 aromatic carbocycles. The van der Waals surface area contributed by atoms with Crippen LogP contribution in [0, 0.1) is 12.7 Å². The number of aromatic nitrogens is 1. The molecule has 0 aliphatic carbocycles. The first kappa shape index (κ1) is 23.9. The van der Waals surface area contributed by atoms with Crippen LogP contribution in [0.5, 0.6) is 5.75 Å². The fourth-order valence-electron chi connectivity index (χ4n) is 3.41. The third-order valence-electron chi connectivity index (χ3n) is 5.66. The van der Waals surface area contributed by atoms with E-state index in [0.717, 1.165) is 6.07 Å². The minimum absolute atomic E-state index is 0.132. The number of alkyl halides is 1. The van der Waals surface area contributed by atoms with Crippen LogP contribution in [0.15, 0.2) is 35.5 Å². The first-order valence-electron chi connectivity index (χ1n) is 9.66. The number of pyridine rings is 1. The zero-order valence-electron chi connectivity index (χ0n) is 18.1. The molecule has 32 heavy (non-hydrogen) atoms. The van der Waals surface area contributed by atoms with Crippen LogP contribution in [0.1, 0.15) is 35.5 Å². The number of methoxy groups -OCH3 is 1. The van der Waals surface area contributed by atoms with Crippen LogP contribution in [0.3, 0.4) is 0 Å². The van der Waals surface area contributed by atoms with Gasteiger partial charge in [-0.15, -0.1) is 0 Å². The number of nitrogens with zero attached hydrogens (tertiary/aromatic N) is 2. The molecule has 1 amide bonds. The van der Waals surface area contributed by atoms with Crippen LogP contribution < -0.4 is 15.8 Å². The summed E-state index contributed by atoms with van der Waals surface area (Å²) in [6.45, 7) is 3.44. The van der Waals surface area contributed by atoms with E-state index in [1.54, 1.807) is 13.0 Å². The maximum Gasteiger partial charge on any atom is 0.274 e. The molecule has 1 atom stereocenters. The molecule has 5 N–H and O–H groups in total. The van der Waals surface area contributed by atoms with Crippen LogP contribution in [-0.2, 0) is 5.54 Å². The van der Waals surface area contributed by atoms with Gasteiger partial charge in [-0.3, -0.25) is 18.9 Å². The highest BCUT2D eigenvalue weighted by Crippen LogP contribution is 2.59. The van der Waals surface area contributed by atoms with Gasteiger partial charge in [-0.25, -0.2) is 13.8 Å². The number of amides is 1. The number of carbonyl (C=O) groups is 1. The van der Waals surface area contributed by atoms with Gasteiger partial charge < -0.3 is 15.8 Å². The Bertz CT molecular complexity index is 1090. The highest BCUT2D eigenvalue weighted by molar-refractivity contribution is 8.26. The predicted octanol–water partition coefficient (Wildman–Crippen LogP) is 3.85. The third-order valence-corrected chi connectivity index (χ3v) is 8.38. The van der Waals surface area contributed by atoms with Crippen LogP contribution >= 0.6 is 10.6 Å². The lowest BCUT2D eigenvalue weighted by molar-refractivity contribution is 0.102. The van der Waals surface area contributed by atoms with Gasteiger partial charge in [-0.2, -0.15) is 10.6 Å². The molecule has 0 unspecified atom stereocenters. The summed E-state index contributed by atoms with van der Waals surface area (Å²) in [6, 6.07) is 5.21. The van der Waals surface area contributed by atoms with Crippen LogP contribution in [0.2, 0.25) is 0 Å². The number of anilines is 1. The van der Waals surface area contributed by atoms with Crippen molar-refractivity contribution in [2.24, 2.45) is 10.7 Å². The van der Waals surface area contributed by atoms with Gasteiger partial charge in [0.05, 0.1) is 19.1 Å². The van der Waals surface area contributed by atoms with Crippen LogP contribution in [0.4, 0.5) is 14.5 Å². The van der Waals surface area contributed by atoms with Crippen molar-refractivity contribution in [3.8, 4) is 5.75 Å². The monoisotopic (exact) mass is 468 g/mol. The Kier molecular flexibility index (Phi) is 6.20. The van der Waals surface area contributed by atoms with Gasteiger partial charge in [0.1, 0.15) is 40.1 Å². The molecule has 0 radical (unpaired) electrons. The van der Waals surface area contributed by atoms with Crippen molar-refractivity contribution in [2.75, 3.05) is 24.9 Å². The van der Waals surface area contributed by atoms with Gasteiger partial charge in [-0.05, 0) is 50.6 Å². The number of rotatable bonds is 5. The minimum atomic E-state index is -3.46. The third kappa shape index (κ3) is 4.03. The van der Waals surface area contributed by atoms with Crippen molar-refractivity contribution in [1.29, 1.82) is 0 Å². The quantitative estimate of drug-likeness (QED) is 0.527. The van der Waals surface area contributed by atoms with Crippen molar-refractivity contribution < 1.29 is 27.4 Å². The van der Waals surface area contributed by atoms with E-state index in [-0.39, 0.29) is 22.8 Å². The van der Waals surface area contributed by atoms with Crippen molar-refractivity contribution in [3.05, 3.63) is 53.1 Å². The molecule has 174 valence electrons. The molecule has 3 rings (SSSR count). The van der Waals surface area contributed by atoms with E-state index in [1.807, 2.05) is 0 Å². The van der Waals surface area contributed by atoms with Crippen molar-refractivity contribution in [1.82, 2.24) is 4.98 Å². The normalized spacial score (nSPS) is 22.6. The topological polar surface area (TPSA) is 130 Å². The van der Waals surface area contributed by atoms with E-state index in [1.165, 1.54) is 39.3 Å². The van der Waals surface area contributed by atoms with Crippen molar-refractivity contribution in [3.63, 3.8) is 0 Å². The maximum absolute atomic E-state index is 14.8. The number of aryl methyl sites for hydroxylation is 1. The molecule has 0 saturated heterocycles. The first-order valence-corrected chi connectivity index (χ1v) is 11.4. The second-order valence-corrected chi connectivity index (χ2v) is 10.8. The average Bonchev–Trinajstić information content (AvgIpc) is 2.73. The summed E-state index contributed by atoms with van der Waals surface area (Å²) >= 11 is 0. The number of benzene rings is 1. The lowest BCUT2D eigenvalue weighted by Crippen LogP contribution is -2.53. The number of hydrogen-bond acceptors (Lipinski definition) is 7. The number of nitrogens with two attached hydrogens (primary N) is 1. The Labute approximate surface area is 186 Å². The zero-order chi connectivity index (χ0) is 23.9. The number of ether oxygens (including phenoxy) is 1. The molecular formula is C21H26F2N4O4S. The number of aliphatic imine (C=N–C) groups is 1. The van der Waals surface area contributed by atoms with Gasteiger partial charge >= 0.3 is 0 Å². The Morgan fingerprint density at radius 3 is 2.59 bits per heavy atom. The molecule has 11 heteroatoms. The minimum Gasteiger partial charge on any atom is -0.495 e. The van der Waals surface area contributed by atoms with E-state index in [0.29, 0.717) is 11.3 Å². The largest absolute Gasteiger partial charge is 0.495 e. The second kappa shape index (κ2) is 8.30. The zero-order valence-corrected chi connectivity index (χ0v) is 19.0. The van der Waals surface area contributed by atoms with E-state index in [9.17, 15) is 22.7 Å². The molecule has 1 aliphatic rings. The van der Waals surface area contributed by atoms with Gasteiger partial charge in [0, 0.05) is 11.3 Å². The average molecular weight is 469 g/mol. The highest BCUT2D eigenvalue weighted by Gasteiger charge is 2.51. The van der Waals surface area contributed by atoms with E-state index in [4.69, 9.17) is 10.5 Å². The number of nitrogens with one attached hydrogen (secondary N) is 1. The Morgan fingerprint density at radius 1 is 1.34 bits per heavy atom. The van der Waals surface area contributed by atoms with Crippen molar-refractivity contribution in [2.45, 2.75) is 31.1 Å².